The SMILES string of the molecule is Cc1ccc2ccc3c(C)cc(-c4ccc(-c5ccc(-c6cc(-c7ccccc7)nc(-c7ccc(-c8ccccc8)cc7)n6)cc5)cc4)nc3c2n1. The number of benzene rings is 6. The minimum Gasteiger partial charge on any atom is -0.251 e. The van der Waals surface area contributed by atoms with Crippen LogP contribution in [0.3, 0.4) is 0 Å². The fourth-order valence-electron chi connectivity index (χ4n) is 6.88. The highest BCUT2D eigenvalue weighted by atomic mass is 14.9. The van der Waals surface area contributed by atoms with E-state index < -0.39 is 0 Å². The van der Waals surface area contributed by atoms with Crippen LogP contribution in [0, 0.1) is 13.8 Å². The van der Waals surface area contributed by atoms with Gasteiger partial charge < -0.3 is 0 Å². The molecule has 0 amide bonds. The second kappa shape index (κ2) is 13.2. The molecule has 0 spiro atoms. The van der Waals surface area contributed by atoms with Crippen LogP contribution in [0.5, 0.6) is 0 Å². The number of pyridine rings is 2. The summed E-state index contributed by atoms with van der Waals surface area (Å²) in [5, 5.41) is 2.24. The van der Waals surface area contributed by atoms with Crippen molar-refractivity contribution < 1.29 is 0 Å². The summed E-state index contributed by atoms with van der Waals surface area (Å²) in [7, 11) is 0. The Bertz CT molecular complexity index is 2700. The molecule has 0 N–H and O–H groups in total. The minimum absolute atomic E-state index is 0.701. The Morgan fingerprint density at radius 3 is 1.35 bits per heavy atom. The van der Waals surface area contributed by atoms with Gasteiger partial charge in [0.2, 0.25) is 0 Å². The van der Waals surface area contributed by atoms with E-state index in [0.29, 0.717) is 5.82 Å². The van der Waals surface area contributed by atoms with Crippen molar-refractivity contribution >= 4 is 21.8 Å². The van der Waals surface area contributed by atoms with Crippen molar-refractivity contribution in [3.8, 4) is 67.4 Å². The molecule has 9 aromatic rings. The van der Waals surface area contributed by atoms with Gasteiger partial charge in [-0.3, -0.25) is 4.98 Å². The summed E-state index contributed by atoms with van der Waals surface area (Å²) >= 11 is 0. The Labute approximate surface area is 303 Å². The molecule has 0 saturated carbocycles. The summed E-state index contributed by atoms with van der Waals surface area (Å²) in [5.74, 6) is 0.701. The molecule has 6 aromatic carbocycles. The summed E-state index contributed by atoms with van der Waals surface area (Å²) in [4.78, 5) is 20.1. The largest absolute Gasteiger partial charge is 0.251 e. The third kappa shape index (κ3) is 6.01. The van der Waals surface area contributed by atoms with E-state index in [-0.39, 0.29) is 0 Å². The first-order valence-electron chi connectivity index (χ1n) is 17.6. The van der Waals surface area contributed by atoms with Gasteiger partial charge in [0.15, 0.2) is 5.82 Å². The topological polar surface area (TPSA) is 51.6 Å². The maximum Gasteiger partial charge on any atom is 0.160 e. The third-order valence-electron chi connectivity index (χ3n) is 9.73. The molecule has 9 rings (SSSR count). The van der Waals surface area contributed by atoms with Crippen LogP contribution in [0.15, 0.2) is 170 Å². The van der Waals surface area contributed by atoms with E-state index in [1.54, 1.807) is 0 Å². The van der Waals surface area contributed by atoms with Crippen molar-refractivity contribution in [2.45, 2.75) is 13.8 Å². The Morgan fingerprint density at radius 1 is 0.327 bits per heavy atom. The summed E-state index contributed by atoms with van der Waals surface area (Å²) in [6.45, 7) is 4.18. The van der Waals surface area contributed by atoms with Crippen LogP contribution in [-0.4, -0.2) is 19.9 Å². The normalized spacial score (nSPS) is 11.3. The molecule has 4 nitrogen and oxygen atoms in total. The minimum atomic E-state index is 0.701. The molecule has 0 atom stereocenters. The average Bonchev–Trinajstić information content (AvgIpc) is 3.21. The average molecular weight is 667 g/mol. The van der Waals surface area contributed by atoms with Crippen molar-refractivity contribution in [1.82, 2.24) is 19.9 Å². The second-order valence-electron chi connectivity index (χ2n) is 13.2. The lowest BCUT2D eigenvalue weighted by Crippen LogP contribution is -1.96. The Hall–Kier alpha value is -6.78. The van der Waals surface area contributed by atoms with Crippen LogP contribution in [0.2, 0.25) is 0 Å². The van der Waals surface area contributed by atoms with Gasteiger partial charge in [-0.2, -0.15) is 0 Å². The lowest BCUT2D eigenvalue weighted by atomic mass is 9.99. The van der Waals surface area contributed by atoms with E-state index in [1.807, 2.05) is 31.2 Å². The fraction of sp³-hybridized carbons (Fsp3) is 0.0417. The van der Waals surface area contributed by atoms with Crippen LogP contribution < -0.4 is 0 Å². The van der Waals surface area contributed by atoms with Crippen molar-refractivity contribution in [2.75, 3.05) is 0 Å². The molecule has 0 aliphatic carbocycles. The first-order valence-corrected chi connectivity index (χ1v) is 17.6. The molecule has 52 heavy (non-hydrogen) atoms. The van der Waals surface area contributed by atoms with Crippen LogP contribution in [0.25, 0.3) is 89.2 Å². The molecule has 4 heteroatoms. The zero-order chi connectivity index (χ0) is 35.0. The van der Waals surface area contributed by atoms with Crippen molar-refractivity contribution in [2.24, 2.45) is 0 Å². The van der Waals surface area contributed by atoms with Gasteiger partial charge >= 0.3 is 0 Å². The number of aryl methyl sites for hydroxylation is 2. The molecule has 3 heterocycles. The number of aromatic nitrogens is 4. The van der Waals surface area contributed by atoms with Crippen LogP contribution >= 0.6 is 0 Å². The zero-order valence-corrected chi connectivity index (χ0v) is 29.0. The van der Waals surface area contributed by atoms with E-state index in [1.165, 1.54) is 11.1 Å². The molecule has 0 fully saturated rings. The van der Waals surface area contributed by atoms with E-state index in [4.69, 9.17) is 19.9 Å². The van der Waals surface area contributed by atoms with Gasteiger partial charge in [0.05, 0.1) is 28.1 Å². The Kier molecular flexibility index (Phi) is 7.90. The smallest absolute Gasteiger partial charge is 0.160 e. The van der Waals surface area contributed by atoms with Crippen molar-refractivity contribution in [1.29, 1.82) is 0 Å². The Morgan fingerprint density at radius 2 is 0.769 bits per heavy atom. The van der Waals surface area contributed by atoms with Gasteiger partial charge in [-0.15, -0.1) is 0 Å². The van der Waals surface area contributed by atoms with Crippen molar-refractivity contribution in [3.05, 3.63) is 181 Å². The number of hydrogen-bond donors (Lipinski definition) is 0. The van der Waals surface area contributed by atoms with Gasteiger partial charge in [-0.05, 0) is 59.9 Å². The third-order valence-corrected chi connectivity index (χ3v) is 9.73. The quantitative estimate of drug-likeness (QED) is 0.166. The second-order valence-corrected chi connectivity index (χ2v) is 13.2. The van der Waals surface area contributed by atoms with Crippen LogP contribution in [0.4, 0.5) is 0 Å². The number of rotatable bonds is 6. The zero-order valence-electron chi connectivity index (χ0n) is 29.0. The van der Waals surface area contributed by atoms with Crippen molar-refractivity contribution in [3.63, 3.8) is 0 Å². The monoisotopic (exact) mass is 666 g/mol. The highest BCUT2D eigenvalue weighted by Gasteiger charge is 2.13. The lowest BCUT2D eigenvalue weighted by Gasteiger charge is -2.11. The Balaban J connectivity index is 1.03. The highest BCUT2D eigenvalue weighted by Crippen LogP contribution is 2.33. The maximum absolute atomic E-state index is 5.12. The van der Waals surface area contributed by atoms with Gasteiger partial charge in [-0.25, -0.2) is 15.0 Å². The molecule has 0 unspecified atom stereocenters. The molecule has 0 aliphatic rings. The summed E-state index contributed by atoms with van der Waals surface area (Å²) in [6, 6.07) is 59.2. The standard InChI is InChI=1S/C48H34N4/c1-31-29-43(50-47-42(31)28-27-40-14-13-32(2)49-46(40)47)38-21-15-35(16-22-38)36-17-23-39(24-18-36)45-30-44(37-11-7-4-8-12-37)51-48(52-45)41-25-19-34(20-26-41)33-9-5-3-6-10-33/h3-30H,1-2H3. The van der Waals surface area contributed by atoms with Crippen LogP contribution in [0.1, 0.15) is 11.3 Å². The maximum atomic E-state index is 5.12. The first-order chi connectivity index (χ1) is 25.6. The van der Waals surface area contributed by atoms with E-state index in [0.717, 1.165) is 83.5 Å². The predicted octanol–water partition coefficient (Wildman–Crippen LogP) is 12.2. The molecule has 0 aliphatic heterocycles. The molecule has 0 bridgehead atoms. The summed E-state index contributed by atoms with van der Waals surface area (Å²) < 4.78 is 0. The predicted molar refractivity (Wildman–Crippen MR) is 215 cm³/mol. The molecule has 3 aromatic heterocycles. The van der Waals surface area contributed by atoms with Gasteiger partial charge in [-0.1, -0.05) is 152 Å². The highest BCUT2D eigenvalue weighted by molar-refractivity contribution is 6.04. The molecule has 0 saturated heterocycles. The van der Waals surface area contributed by atoms with Gasteiger partial charge in [0.25, 0.3) is 0 Å². The summed E-state index contributed by atoms with van der Waals surface area (Å²) in [5.41, 5.74) is 15.6. The van der Waals surface area contributed by atoms with Gasteiger partial charge in [0, 0.05) is 38.7 Å². The molecular formula is C48H34N4. The molecule has 246 valence electrons. The van der Waals surface area contributed by atoms with Gasteiger partial charge in [0.1, 0.15) is 0 Å². The summed E-state index contributed by atoms with van der Waals surface area (Å²) in [6.07, 6.45) is 0. The number of hydrogen-bond acceptors (Lipinski definition) is 4. The molecule has 0 radical (unpaired) electrons. The van der Waals surface area contributed by atoms with E-state index in [2.05, 4.69) is 153 Å². The number of fused-ring (bicyclic) bond motifs is 3. The lowest BCUT2D eigenvalue weighted by molar-refractivity contribution is 1.18. The fourth-order valence-corrected chi connectivity index (χ4v) is 6.88. The van der Waals surface area contributed by atoms with Crippen LogP contribution in [-0.2, 0) is 0 Å². The van der Waals surface area contributed by atoms with E-state index in [9.17, 15) is 0 Å². The number of nitrogens with zero attached hydrogens (tertiary/aromatic N) is 4. The molecular weight excluding hydrogens is 633 g/mol. The van der Waals surface area contributed by atoms with E-state index >= 15 is 0 Å². The first kappa shape index (κ1) is 31.2.